The molecule has 0 saturated carbocycles. The van der Waals surface area contributed by atoms with E-state index in [-0.39, 0.29) is 24.4 Å². The SMILES string of the molecule is Cl.O=C(CN1CCNCC1c1cccnc1)NCCc1cccc(Cl)c1Cl. The van der Waals surface area contributed by atoms with Crippen molar-refractivity contribution in [2.75, 3.05) is 32.7 Å². The van der Waals surface area contributed by atoms with E-state index in [1.54, 1.807) is 12.3 Å². The van der Waals surface area contributed by atoms with E-state index < -0.39 is 0 Å². The molecule has 1 saturated heterocycles. The van der Waals surface area contributed by atoms with Crippen molar-refractivity contribution in [1.82, 2.24) is 20.5 Å². The quantitative estimate of drug-likeness (QED) is 0.741. The average molecular weight is 430 g/mol. The zero-order valence-electron chi connectivity index (χ0n) is 14.8. The van der Waals surface area contributed by atoms with Gasteiger partial charge in [0.2, 0.25) is 5.91 Å². The number of halogens is 3. The van der Waals surface area contributed by atoms with E-state index in [4.69, 9.17) is 23.2 Å². The van der Waals surface area contributed by atoms with Crippen LogP contribution in [0.3, 0.4) is 0 Å². The van der Waals surface area contributed by atoms with Crippen LogP contribution in [0.1, 0.15) is 17.2 Å². The summed E-state index contributed by atoms with van der Waals surface area (Å²) in [6, 6.07) is 9.69. The molecule has 1 amide bonds. The lowest BCUT2D eigenvalue weighted by Crippen LogP contribution is -2.49. The number of piperazine rings is 1. The highest BCUT2D eigenvalue weighted by Gasteiger charge is 2.25. The Kier molecular flexibility index (Phi) is 8.80. The molecule has 1 fully saturated rings. The van der Waals surface area contributed by atoms with Gasteiger partial charge in [-0.05, 0) is 29.7 Å². The van der Waals surface area contributed by atoms with E-state index in [1.165, 1.54) is 0 Å². The lowest BCUT2D eigenvalue weighted by Gasteiger charge is -2.35. The van der Waals surface area contributed by atoms with Crippen LogP contribution in [0.5, 0.6) is 0 Å². The summed E-state index contributed by atoms with van der Waals surface area (Å²) in [4.78, 5) is 18.8. The van der Waals surface area contributed by atoms with Gasteiger partial charge < -0.3 is 10.6 Å². The Morgan fingerprint density at radius 1 is 1.30 bits per heavy atom. The van der Waals surface area contributed by atoms with Crippen LogP contribution < -0.4 is 10.6 Å². The van der Waals surface area contributed by atoms with Crippen molar-refractivity contribution in [3.8, 4) is 0 Å². The molecule has 1 atom stereocenters. The molecular weight excluding hydrogens is 407 g/mol. The molecule has 2 heterocycles. The maximum Gasteiger partial charge on any atom is 0.234 e. The summed E-state index contributed by atoms with van der Waals surface area (Å²) in [6.07, 6.45) is 4.28. The number of nitrogens with zero attached hydrogens (tertiary/aromatic N) is 2. The highest BCUT2D eigenvalue weighted by molar-refractivity contribution is 6.42. The summed E-state index contributed by atoms with van der Waals surface area (Å²) in [5.41, 5.74) is 2.06. The van der Waals surface area contributed by atoms with Crippen LogP contribution in [0, 0.1) is 0 Å². The Morgan fingerprint density at radius 3 is 2.93 bits per heavy atom. The lowest BCUT2D eigenvalue weighted by atomic mass is 10.1. The summed E-state index contributed by atoms with van der Waals surface area (Å²) in [6.45, 7) is 3.42. The number of benzene rings is 1. The van der Waals surface area contributed by atoms with Crippen LogP contribution in [0.15, 0.2) is 42.7 Å². The number of aromatic nitrogens is 1. The van der Waals surface area contributed by atoms with Crippen LogP contribution in [-0.2, 0) is 11.2 Å². The van der Waals surface area contributed by atoms with Gasteiger partial charge in [-0.1, -0.05) is 41.4 Å². The van der Waals surface area contributed by atoms with Gasteiger partial charge in [-0.2, -0.15) is 0 Å². The van der Waals surface area contributed by atoms with Gasteiger partial charge in [-0.25, -0.2) is 0 Å². The van der Waals surface area contributed by atoms with Crippen molar-refractivity contribution in [3.05, 3.63) is 63.9 Å². The van der Waals surface area contributed by atoms with Crippen molar-refractivity contribution in [1.29, 1.82) is 0 Å². The first-order chi connectivity index (χ1) is 12.6. The number of carbonyl (C=O) groups is 1. The van der Waals surface area contributed by atoms with Crippen LogP contribution in [0.2, 0.25) is 10.0 Å². The molecule has 1 unspecified atom stereocenters. The molecular formula is C19H23Cl3N4O. The fourth-order valence-electron chi connectivity index (χ4n) is 3.16. The average Bonchev–Trinajstić information content (AvgIpc) is 2.66. The zero-order chi connectivity index (χ0) is 18.4. The van der Waals surface area contributed by atoms with E-state index in [2.05, 4.69) is 26.6 Å². The fraction of sp³-hybridized carbons (Fsp3) is 0.368. The molecule has 2 N–H and O–H groups in total. The predicted octanol–water partition coefficient (Wildman–Crippen LogP) is 3.12. The Hall–Kier alpha value is -1.37. The molecule has 0 bridgehead atoms. The minimum Gasteiger partial charge on any atom is -0.355 e. The second-order valence-electron chi connectivity index (χ2n) is 6.29. The fourth-order valence-corrected chi connectivity index (χ4v) is 3.57. The normalized spacial score (nSPS) is 17.2. The number of pyridine rings is 1. The highest BCUT2D eigenvalue weighted by atomic mass is 35.5. The molecule has 0 spiro atoms. The molecule has 0 radical (unpaired) electrons. The largest absolute Gasteiger partial charge is 0.355 e. The Balaban J connectivity index is 0.00000261. The van der Waals surface area contributed by atoms with Crippen molar-refractivity contribution >= 4 is 41.5 Å². The topological polar surface area (TPSA) is 57.3 Å². The second-order valence-corrected chi connectivity index (χ2v) is 7.07. The first-order valence-corrected chi connectivity index (χ1v) is 9.45. The van der Waals surface area contributed by atoms with Crippen molar-refractivity contribution in [3.63, 3.8) is 0 Å². The molecule has 8 heteroatoms. The molecule has 3 rings (SSSR count). The third-order valence-electron chi connectivity index (χ3n) is 4.52. The molecule has 27 heavy (non-hydrogen) atoms. The standard InChI is InChI=1S/C19H22Cl2N4O.ClH/c20-16-5-1-3-14(19(16)21)6-8-24-18(26)13-25-10-9-23-12-17(25)15-4-2-7-22-11-15;/h1-5,7,11,17,23H,6,8-10,12-13H2,(H,24,26);1H. The number of hydrogen-bond acceptors (Lipinski definition) is 4. The van der Waals surface area contributed by atoms with Crippen LogP contribution in [-0.4, -0.2) is 48.5 Å². The monoisotopic (exact) mass is 428 g/mol. The van der Waals surface area contributed by atoms with E-state index in [0.717, 1.165) is 30.8 Å². The molecule has 1 aromatic heterocycles. The van der Waals surface area contributed by atoms with Gasteiger partial charge in [0.15, 0.2) is 0 Å². The third kappa shape index (κ3) is 6.06. The lowest BCUT2D eigenvalue weighted by molar-refractivity contribution is -0.123. The smallest absolute Gasteiger partial charge is 0.234 e. The van der Waals surface area contributed by atoms with Gasteiger partial charge in [-0.15, -0.1) is 12.4 Å². The maximum absolute atomic E-state index is 12.4. The summed E-state index contributed by atoms with van der Waals surface area (Å²) in [7, 11) is 0. The molecule has 0 aliphatic carbocycles. The summed E-state index contributed by atoms with van der Waals surface area (Å²) in [5, 5.41) is 7.46. The van der Waals surface area contributed by atoms with E-state index in [0.29, 0.717) is 29.6 Å². The minimum absolute atomic E-state index is 0. The minimum atomic E-state index is 0. The van der Waals surface area contributed by atoms with E-state index in [1.807, 2.05) is 24.4 Å². The third-order valence-corrected chi connectivity index (χ3v) is 5.38. The van der Waals surface area contributed by atoms with Gasteiger partial charge in [0.05, 0.1) is 16.6 Å². The number of rotatable bonds is 6. The van der Waals surface area contributed by atoms with Crippen LogP contribution >= 0.6 is 35.6 Å². The molecule has 1 aliphatic rings. The van der Waals surface area contributed by atoms with E-state index in [9.17, 15) is 4.79 Å². The highest BCUT2D eigenvalue weighted by Crippen LogP contribution is 2.25. The number of amides is 1. The number of nitrogens with one attached hydrogen (secondary N) is 2. The van der Waals surface area contributed by atoms with Gasteiger partial charge >= 0.3 is 0 Å². The Morgan fingerprint density at radius 2 is 2.15 bits per heavy atom. The van der Waals surface area contributed by atoms with E-state index >= 15 is 0 Å². The summed E-state index contributed by atoms with van der Waals surface area (Å²) >= 11 is 12.2. The van der Waals surface area contributed by atoms with Gasteiger partial charge in [0.25, 0.3) is 0 Å². The molecule has 5 nitrogen and oxygen atoms in total. The molecule has 1 aliphatic heterocycles. The van der Waals surface area contributed by atoms with Crippen molar-refractivity contribution < 1.29 is 4.79 Å². The van der Waals surface area contributed by atoms with Gasteiger partial charge in [-0.3, -0.25) is 14.7 Å². The second kappa shape index (κ2) is 10.8. The number of carbonyl (C=O) groups excluding carboxylic acids is 1. The number of hydrogen-bond donors (Lipinski definition) is 2. The molecule has 146 valence electrons. The summed E-state index contributed by atoms with van der Waals surface area (Å²) in [5.74, 6) is 0.0129. The van der Waals surface area contributed by atoms with Gasteiger partial charge in [0.1, 0.15) is 0 Å². The predicted molar refractivity (Wildman–Crippen MR) is 112 cm³/mol. The summed E-state index contributed by atoms with van der Waals surface area (Å²) < 4.78 is 0. The Labute approximate surface area is 175 Å². The molecule has 2 aromatic rings. The Bertz CT molecular complexity index is 745. The van der Waals surface area contributed by atoms with Crippen molar-refractivity contribution in [2.24, 2.45) is 0 Å². The zero-order valence-corrected chi connectivity index (χ0v) is 17.2. The maximum atomic E-state index is 12.4. The van der Waals surface area contributed by atoms with Crippen LogP contribution in [0.4, 0.5) is 0 Å². The molecule has 1 aromatic carbocycles. The van der Waals surface area contributed by atoms with Gasteiger partial charge in [0, 0.05) is 44.6 Å². The first-order valence-electron chi connectivity index (χ1n) is 8.69. The first kappa shape index (κ1) is 21.9. The van der Waals surface area contributed by atoms with Crippen molar-refractivity contribution in [2.45, 2.75) is 12.5 Å². The van der Waals surface area contributed by atoms with Crippen LogP contribution in [0.25, 0.3) is 0 Å².